The first kappa shape index (κ1) is 14.2. The van der Waals surface area contributed by atoms with Crippen LogP contribution in [0.15, 0.2) is 0 Å². The summed E-state index contributed by atoms with van der Waals surface area (Å²) < 4.78 is 0. The molecule has 0 aromatic rings. The molecule has 7 atom stereocenters. The molecule has 5 unspecified atom stereocenters. The molecule has 0 aromatic carbocycles. The Kier molecular flexibility index (Phi) is 3.10. The molecule has 0 aliphatic heterocycles. The lowest BCUT2D eigenvalue weighted by molar-refractivity contribution is -0.142. The maximum Gasteiger partial charge on any atom is 0.139 e. The summed E-state index contributed by atoms with van der Waals surface area (Å²) in [6.07, 6.45) is 10.1. The first-order valence-corrected chi connectivity index (χ1v) is 9.16. The summed E-state index contributed by atoms with van der Waals surface area (Å²) >= 11 is 0. The Morgan fingerprint density at radius 2 is 1.81 bits per heavy atom. The third kappa shape index (κ3) is 1.84. The summed E-state index contributed by atoms with van der Waals surface area (Å²) in [6, 6.07) is 0. The van der Waals surface area contributed by atoms with Crippen molar-refractivity contribution >= 4 is 5.78 Å². The molecule has 0 spiro atoms. The number of carbonyl (C=O) groups is 1. The average molecular weight is 290 g/mol. The first-order chi connectivity index (χ1) is 9.95. The van der Waals surface area contributed by atoms with Gasteiger partial charge in [0, 0.05) is 11.8 Å². The zero-order valence-corrected chi connectivity index (χ0v) is 13.6. The van der Waals surface area contributed by atoms with Gasteiger partial charge in [-0.15, -0.1) is 0 Å². The lowest BCUT2D eigenvalue weighted by Gasteiger charge is -2.60. The number of fused-ring (bicyclic) bond motifs is 5. The molecule has 118 valence electrons. The van der Waals surface area contributed by atoms with Crippen LogP contribution in [0.4, 0.5) is 0 Å². The van der Waals surface area contributed by atoms with Crippen molar-refractivity contribution in [3.63, 3.8) is 0 Å². The van der Waals surface area contributed by atoms with E-state index in [9.17, 15) is 9.90 Å². The van der Waals surface area contributed by atoms with Crippen LogP contribution in [0.5, 0.6) is 0 Å². The number of rotatable bonds is 0. The molecule has 0 bridgehead atoms. The molecule has 0 heterocycles. The third-order valence-corrected chi connectivity index (χ3v) is 8.35. The predicted molar refractivity (Wildman–Crippen MR) is 82.7 cm³/mol. The second kappa shape index (κ2) is 4.57. The number of ketones is 1. The summed E-state index contributed by atoms with van der Waals surface area (Å²) in [4.78, 5) is 12.4. The molecule has 1 N–H and O–H groups in total. The second-order valence-electron chi connectivity index (χ2n) is 9.00. The van der Waals surface area contributed by atoms with E-state index < -0.39 is 0 Å². The van der Waals surface area contributed by atoms with E-state index in [1.165, 1.54) is 25.7 Å². The minimum atomic E-state index is -0.0541. The van der Waals surface area contributed by atoms with Crippen LogP contribution in [0, 0.1) is 34.5 Å². The Balaban J connectivity index is 1.64. The van der Waals surface area contributed by atoms with Crippen molar-refractivity contribution in [2.24, 2.45) is 34.5 Å². The standard InChI is InChI=1S/C19H30O2/c1-18-9-7-13(20)11-12(18)3-4-14-15-5-6-17(21)19(15,2)10-8-16(14)18/h12-16,20H,3-11H2,1-2H3/t12-,13?,14?,15?,16?,18?,19+/m0/s1. The summed E-state index contributed by atoms with van der Waals surface area (Å²) in [7, 11) is 0. The SMILES string of the molecule is CC12CCC(O)C[C@@H]1CCC1C2CC[C@@]2(C)C(=O)CCC12. The van der Waals surface area contributed by atoms with Crippen LogP contribution < -0.4 is 0 Å². The number of hydrogen-bond acceptors (Lipinski definition) is 2. The van der Waals surface area contributed by atoms with Crippen molar-refractivity contribution in [3.8, 4) is 0 Å². The van der Waals surface area contributed by atoms with Crippen molar-refractivity contribution in [3.05, 3.63) is 0 Å². The van der Waals surface area contributed by atoms with Crippen molar-refractivity contribution in [1.82, 2.24) is 0 Å². The van der Waals surface area contributed by atoms with Gasteiger partial charge in [-0.05, 0) is 80.5 Å². The van der Waals surface area contributed by atoms with E-state index in [-0.39, 0.29) is 11.5 Å². The molecule has 21 heavy (non-hydrogen) atoms. The highest BCUT2D eigenvalue weighted by molar-refractivity contribution is 5.87. The number of Topliss-reactive ketones (excluding diaryl/α,β-unsaturated/α-hetero) is 1. The molecule has 4 fully saturated rings. The molecule has 4 rings (SSSR count). The lowest BCUT2D eigenvalue weighted by Crippen LogP contribution is -2.54. The van der Waals surface area contributed by atoms with Gasteiger partial charge in [-0.1, -0.05) is 13.8 Å². The molecule has 4 saturated carbocycles. The van der Waals surface area contributed by atoms with E-state index in [1.54, 1.807) is 0 Å². The molecular weight excluding hydrogens is 260 g/mol. The molecule has 0 amide bonds. The molecule has 4 aliphatic carbocycles. The first-order valence-electron chi connectivity index (χ1n) is 9.16. The van der Waals surface area contributed by atoms with Gasteiger partial charge in [0.1, 0.15) is 5.78 Å². The van der Waals surface area contributed by atoms with E-state index in [0.29, 0.717) is 17.1 Å². The fraction of sp³-hybridized carbons (Fsp3) is 0.947. The minimum Gasteiger partial charge on any atom is -0.393 e. The van der Waals surface area contributed by atoms with E-state index in [1.807, 2.05) is 0 Å². The Labute approximate surface area is 128 Å². The van der Waals surface area contributed by atoms with Crippen LogP contribution in [0.1, 0.15) is 71.6 Å². The average Bonchev–Trinajstić information content (AvgIpc) is 2.76. The van der Waals surface area contributed by atoms with Crippen LogP contribution >= 0.6 is 0 Å². The fourth-order valence-corrected chi connectivity index (χ4v) is 7.01. The fourth-order valence-electron chi connectivity index (χ4n) is 7.01. The number of hydrogen-bond donors (Lipinski definition) is 1. The summed E-state index contributed by atoms with van der Waals surface area (Å²) in [5.41, 5.74) is 0.452. The van der Waals surface area contributed by atoms with E-state index >= 15 is 0 Å². The molecular formula is C19H30O2. The molecule has 2 nitrogen and oxygen atoms in total. The Morgan fingerprint density at radius 3 is 2.62 bits per heavy atom. The van der Waals surface area contributed by atoms with E-state index in [0.717, 1.165) is 49.9 Å². The second-order valence-corrected chi connectivity index (χ2v) is 9.00. The molecule has 0 aromatic heterocycles. The normalized spacial score (nSPS) is 56.5. The highest BCUT2D eigenvalue weighted by Gasteiger charge is 2.60. The van der Waals surface area contributed by atoms with Gasteiger partial charge in [0.2, 0.25) is 0 Å². The number of carbonyl (C=O) groups excluding carboxylic acids is 1. The van der Waals surface area contributed by atoms with Crippen molar-refractivity contribution in [1.29, 1.82) is 0 Å². The zero-order valence-electron chi connectivity index (χ0n) is 13.6. The molecule has 4 aliphatic rings. The van der Waals surface area contributed by atoms with Gasteiger partial charge in [0.05, 0.1) is 6.10 Å². The van der Waals surface area contributed by atoms with E-state index in [4.69, 9.17) is 0 Å². The van der Waals surface area contributed by atoms with Crippen molar-refractivity contribution in [2.75, 3.05) is 0 Å². The highest BCUT2D eigenvalue weighted by Crippen LogP contribution is 2.65. The van der Waals surface area contributed by atoms with Crippen molar-refractivity contribution in [2.45, 2.75) is 77.7 Å². The topological polar surface area (TPSA) is 37.3 Å². The minimum absolute atomic E-state index is 0.0124. The molecule has 0 saturated heterocycles. The van der Waals surface area contributed by atoms with Crippen LogP contribution in [-0.4, -0.2) is 17.0 Å². The Bertz CT molecular complexity index is 458. The van der Waals surface area contributed by atoms with Crippen LogP contribution in [0.2, 0.25) is 0 Å². The quantitative estimate of drug-likeness (QED) is 0.733. The molecule has 2 heteroatoms. The largest absolute Gasteiger partial charge is 0.393 e. The van der Waals surface area contributed by atoms with Gasteiger partial charge >= 0.3 is 0 Å². The van der Waals surface area contributed by atoms with Crippen LogP contribution in [-0.2, 0) is 4.79 Å². The summed E-state index contributed by atoms with van der Waals surface area (Å²) in [5.74, 6) is 3.54. The smallest absolute Gasteiger partial charge is 0.139 e. The van der Waals surface area contributed by atoms with Gasteiger partial charge in [-0.25, -0.2) is 0 Å². The maximum atomic E-state index is 12.4. The third-order valence-electron chi connectivity index (χ3n) is 8.35. The molecule has 0 radical (unpaired) electrons. The lowest BCUT2D eigenvalue weighted by atomic mass is 9.45. The monoisotopic (exact) mass is 290 g/mol. The highest BCUT2D eigenvalue weighted by atomic mass is 16.3. The Hall–Kier alpha value is -0.370. The summed E-state index contributed by atoms with van der Waals surface area (Å²) in [6.45, 7) is 4.78. The van der Waals surface area contributed by atoms with Gasteiger partial charge in [0.25, 0.3) is 0 Å². The van der Waals surface area contributed by atoms with Gasteiger partial charge in [-0.2, -0.15) is 0 Å². The number of aliphatic hydroxyl groups excluding tert-OH is 1. The van der Waals surface area contributed by atoms with Gasteiger partial charge in [0.15, 0.2) is 0 Å². The van der Waals surface area contributed by atoms with Gasteiger partial charge in [-0.3, -0.25) is 4.79 Å². The maximum absolute atomic E-state index is 12.4. The Morgan fingerprint density at radius 1 is 1.00 bits per heavy atom. The van der Waals surface area contributed by atoms with Crippen LogP contribution in [0.25, 0.3) is 0 Å². The summed E-state index contributed by atoms with van der Waals surface area (Å²) in [5, 5.41) is 10.0. The van der Waals surface area contributed by atoms with Crippen molar-refractivity contribution < 1.29 is 9.90 Å². The zero-order chi connectivity index (χ0) is 14.8. The predicted octanol–water partition coefficient (Wildman–Crippen LogP) is 3.96. The van der Waals surface area contributed by atoms with Gasteiger partial charge < -0.3 is 5.11 Å². The number of aliphatic hydroxyl groups is 1. The van der Waals surface area contributed by atoms with E-state index in [2.05, 4.69) is 13.8 Å². The van der Waals surface area contributed by atoms with Crippen LogP contribution in [0.3, 0.4) is 0 Å².